The zero-order valence-corrected chi connectivity index (χ0v) is 14.8. The number of anilines is 1. The number of nitrogens with zero attached hydrogens (tertiary/aromatic N) is 3. The molecule has 2 heterocycles. The molecule has 2 aromatic carbocycles. The van der Waals surface area contributed by atoms with Crippen molar-refractivity contribution in [2.75, 3.05) is 11.9 Å². The molecule has 0 aliphatic heterocycles. The first-order valence-electron chi connectivity index (χ1n) is 9.46. The van der Waals surface area contributed by atoms with Crippen molar-refractivity contribution in [3.8, 4) is 0 Å². The molecule has 5 nitrogen and oxygen atoms in total. The summed E-state index contributed by atoms with van der Waals surface area (Å²) in [7, 11) is 0. The number of rotatable bonds is 3. The number of aromatic nitrogens is 4. The van der Waals surface area contributed by atoms with Gasteiger partial charge in [-0.1, -0.05) is 48.5 Å². The van der Waals surface area contributed by atoms with Crippen LogP contribution in [0.1, 0.15) is 40.5 Å². The van der Waals surface area contributed by atoms with Crippen LogP contribution in [0.15, 0.2) is 61.1 Å². The van der Waals surface area contributed by atoms with Gasteiger partial charge in [-0.2, -0.15) is 5.10 Å². The second kappa shape index (κ2) is 5.64. The molecule has 27 heavy (non-hydrogen) atoms. The minimum atomic E-state index is 0.441. The molecule has 1 atom stereocenters. The molecule has 0 saturated carbocycles. The van der Waals surface area contributed by atoms with E-state index in [0.717, 1.165) is 23.4 Å². The summed E-state index contributed by atoms with van der Waals surface area (Å²) in [5.41, 5.74) is 6.78. The van der Waals surface area contributed by atoms with Gasteiger partial charge in [0.15, 0.2) is 5.65 Å². The van der Waals surface area contributed by atoms with Crippen LogP contribution in [0.2, 0.25) is 0 Å². The van der Waals surface area contributed by atoms with Crippen LogP contribution in [0.25, 0.3) is 11.0 Å². The summed E-state index contributed by atoms with van der Waals surface area (Å²) < 4.78 is 0. The van der Waals surface area contributed by atoms with Crippen LogP contribution in [0.4, 0.5) is 5.82 Å². The number of hydrogen-bond donors (Lipinski definition) is 2. The smallest absolute Gasteiger partial charge is 0.160 e. The molecule has 2 N–H and O–H groups in total. The first-order valence-corrected chi connectivity index (χ1v) is 9.46. The Morgan fingerprint density at radius 2 is 1.63 bits per heavy atom. The third-order valence-electron chi connectivity index (χ3n) is 6.20. The quantitative estimate of drug-likeness (QED) is 0.583. The van der Waals surface area contributed by atoms with Crippen LogP contribution in [0, 0.1) is 5.92 Å². The molecule has 132 valence electrons. The highest BCUT2D eigenvalue weighted by Gasteiger charge is 2.42. The minimum Gasteiger partial charge on any atom is -0.369 e. The molecule has 3 aliphatic carbocycles. The van der Waals surface area contributed by atoms with E-state index in [2.05, 4.69) is 74.0 Å². The Hall–Kier alpha value is -3.21. The summed E-state index contributed by atoms with van der Waals surface area (Å²) in [6, 6.07) is 17.9. The number of benzene rings is 2. The summed E-state index contributed by atoms with van der Waals surface area (Å²) in [6.45, 7) is 0.890. The first kappa shape index (κ1) is 14.9. The summed E-state index contributed by atoms with van der Waals surface area (Å²) >= 11 is 0. The Labute approximate surface area is 156 Å². The summed E-state index contributed by atoms with van der Waals surface area (Å²) in [4.78, 5) is 8.66. The van der Waals surface area contributed by atoms with Crippen molar-refractivity contribution >= 4 is 16.9 Å². The molecular weight excluding hydrogens is 334 g/mol. The van der Waals surface area contributed by atoms with E-state index in [1.807, 2.05) is 0 Å². The van der Waals surface area contributed by atoms with Gasteiger partial charge in [-0.3, -0.25) is 5.10 Å². The maximum Gasteiger partial charge on any atom is 0.160 e. The van der Waals surface area contributed by atoms with Crippen molar-refractivity contribution < 1.29 is 0 Å². The minimum absolute atomic E-state index is 0.441. The summed E-state index contributed by atoms with van der Waals surface area (Å²) in [5, 5.41) is 11.5. The number of H-pyrrole nitrogens is 1. The van der Waals surface area contributed by atoms with E-state index in [4.69, 9.17) is 0 Å². The Bertz CT molecular complexity index is 1100. The van der Waals surface area contributed by atoms with Crippen LogP contribution in [0.5, 0.6) is 0 Å². The Morgan fingerprint density at radius 3 is 2.37 bits per heavy atom. The first-order chi connectivity index (χ1) is 13.4. The molecule has 2 aromatic heterocycles. The monoisotopic (exact) mass is 353 g/mol. The van der Waals surface area contributed by atoms with E-state index >= 15 is 0 Å². The Balaban J connectivity index is 1.37. The number of fused-ring (bicyclic) bond motifs is 2. The largest absolute Gasteiger partial charge is 0.369 e. The fraction of sp³-hybridized carbons (Fsp3) is 0.227. The van der Waals surface area contributed by atoms with Crippen molar-refractivity contribution in [1.29, 1.82) is 0 Å². The van der Waals surface area contributed by atoms with Crippen LogP contribution in [0.3, 0.4) is 0 Å². The van der Waals surface area contributed by atoms with Gasteiger partial charge in [-0.25, -0.2) is 9.97 Å². The zero-order chi connectivity index (χ0) is 17.8. The van der Waals surface area contributed by atoms with Gasteiger partial charge in [0, 0.05) is 18.4 Å². The van der Waals surface area contributed by atoms with Gasteiger partial charge in [-0.05, 0) is 34.6 Å². The van der Waals surface area contributed by atoms with Gasteiger partial charge in [-0.15, -0.1) is 0 Å². The predicted molar refractivity (Wildman–Crippen MR) is 105 cm³/mol. The fourth-order valence-corrected chi connectivity index (χ4v) is 5.09. The highest BCUT2D eigenvalue weighted by Crippen LogP contribution is 2.55. The highest BCUT2D eigenvalue weighted by molar-refractivity contribution is 5.85. The fourth-order valence-electron chi connectivity index (χ4n) is 5.09. The molecule has 0 amide bonds. The lowest BCUT2D eigenvalue weighted by Gasteiger charge is -2.45. The molecule has 0 spiro atoms. The van der Waals surface area contributed by atoms with Crippen LogP contribution >= 0.6 is 0 Å². The van der Waals surface area contributed by atoms with E-state index < -0.39 is 0 Å². The lowest BCUT2D eigenvalue weighted by atomic mass is 9.59. The second-order valence-corrected chi connectivity index (χ2v) is 7.52. The van der Waals surface area contributed by atoms with Gasteiger partial charge < -0.3 is 5.32 Å². The normalized spacial score (nSPS) is 22.4. The molecule has 5 heteroatoms. The Kier molecular flexibility index (Phi) is 3.12. The summed E-state index contributed by atoms with van der Waals surface area (Å²) in [6.07, 6.45) is 4.54. The molecule has 1 unspecified atom stereocenters. The van der Waals surface area contributed by atoms with Gasteiger partial charge in [0.25, 0.3) is 0 Å². The van der Waals surface area contributed by atoms with E-state index in [1.54, 1.807) is 12.5 Å². The van der Waals surface area contributed by atoms with Crippen LogP contribution in [-0.4, -0.2) is 26.7 Å². The van der Waals surface area contributed by atoms with Crippen molar-refractivity contribution in [2.45, 2.75) is 18.3 Å². The number of hydrogen-bond acceptors (Lipinski definition) is 4. The Morgan fingerprint density at radius 1 is 0.926 bits per heavy atom. The maximum atomic E-state index is 4.43. The van der Waals surface area contributed by atoms with E-state index in [-0.39, 0.29) is 0 Å². The maximum absolute atomic E-state index is 4.43. The summed E-state index contributed by atoms with van der Waals surface area (Å²) in [5.74, 6) is 2.33. The van der Waals surface area contributed by atoms with Gasteiger partial charge in [0.05, 0.1) is 11.6 Å². The van der Waals surface area contributed by atoms with Gasteiger partial charge >= 0.3 is 0 Å². The molecule has 0 radical (unpaired) electrons. The topological polar surface area (TPSA) is 66.5 Å². The van der Waals surface area contributed by atoms with Crippen LogP contribution < -0.4 is 5.32 Å². The van der Waals surface area contributed by atoms with Crippen molar-refractivity contribution in [3.63, 3.8) is 0 Å². The average molecular weight is 353 g/mol. The second-order valence-electron chi connectivity index (χ2n) is 7.52. The lowest BCUT2D eigenvalue weighted by Crippen LogP contribution is -2.35. The standard InChI is InChI=1S/C22H19N5/c1-3-7-16-14(5-1)18-9-13(20(16)17-8-4-2-6-15(17)18)10-23-21-19-11-26-27-22(19)25-12-24-21/h1-8,11-13,18,20H,9-10H2,(H2,23,24,25,26,27). The number of aromatic amines is 1. The number of nitrogens with one attached hydrogen (secondary N) is 2. The SMILES string of the molecule is c1ccc2c(c1)C1CC(CNc3ncnc4[nH]ncc34)C2c2ccccc21. The molecular formula is C22H19N5. The van der Waals surface area contributed by atoms with Crippen molar-refractivity contribution in [2.24, 2.45) is 5.92 Å². The third-order valence-corrected chi connectivity index (χ3v) is 6.20. The lowest BCUT2D eigenvalue weighted by molar-refractivity contribution is 0.372. The molecule has 2 bridgehead atoms. The molecule has 0 saturated heterocycles. The average Bonchev–Trinajstić information content (AvgIpc) is 3.22. The van der Waals surface area contributed by atoms with E-state index in [1.165, 1.54) is 28.7 Å². The van der Waals surface area contributed by atoms with E-state index in [0.29, 0.717) is 17.8 Å². The van der Waals surface area contributed by atoms with E-state index in [9.17, 15) is 0 Å². The van der Waals surface area contributed by atoms with Crippen LogP contribution in [-0.2, 0) is 0 Å². The van der Waals surface area contributed by atoms with Gasteiger partial charge in [0.2, 0.25) is 0 Å². The van der Waals surface area contributed by atoms with Crippen molar-refractivity contribution in [3.05, 3.63) is 83.3 Å². The molecule has 7 rings (SSSR count). The van der Waals surface area contributed by atoms with Crippen molar-refractivity contribution in [1.82, 2.24) is 20.2 Å². The molecule has 4 aromatic rings. The zero-order valence-electron chi connectivity index (χ0n) is 14.8. The highest BCUT2D eigenvalue weighted by atomic mass is 15.2. The predicted octanol–water partition coefficient (Wildman–Crippen LogP) is 4.06. The van der Waals surface area contributed by atoms with Gasteiger partial charge in [0.1, 0.15) is 12.1 Å². The molecule has 3 aliphatic rings. The third kappa shape index (κ3) is 2.14. The molecule has 0 fully saturated rings.